The smallest absolute Gasteiger partial charge is 0.295 e. The van der Waals surface area contributed by atoms with E-state index in [1.54, 1.807) is 23.1 Å². The Morgan fingerprint density at radius 2 is 1.61 bits per heavy atom. The topological polar surface area (TPSA) is 88.5 Å². The van der Waals surface area contributed by atoms with Gasteiger partial charge in [-0.25, -0.2) is 0 Å². The van der Waals surface area contributed by atoms with Crippen LogP contribution < -0.4 is 9.47 Å². The number of likely N-dealkylation sites (tertiary alicyclic amines) is 1. The molecule has 0 bridgehead atoms. The van der Waals surface area contributed by atoms with Crippen LogP contribution in [0.2, 0.25) is 0 Å². The van der Waals surface area contributed by atoms with Gasteiger partial charge < -0.3 is 24.2 Å². The summed E-state index contributed by atoms with van der Waals surface area (Å²) in [6.45, 7) is 11.6. The maximum absolute atomic E-state index is 13.4. The van der Waals surface area contributed by atoms with Crippen LogP contribution in [-0.4, -0.2) is 79.2 Å². The zero-order valence-electron chi connectivity index (χ0n) is 22.4. The van der Waals surface area contributed by atoms with Crippen molar-refractivity contribution in [3.63, 3.8) is 0 Å². The molecule has 2 aromatic carbocycles. The predicted molar refractivity (Wildman–Crippen MR) is 143 cm³/mol. The number of aliphatic hydroxyl groups excluding tert-OH is 1. The number of benzene rings is 2. The first-order valence-electron chi connectivity index (χ1n) is 13.3. The lowest BCUT2D eigenvalue weighted by molar-refractivity contribution is -0.140. The maximum Gasteiger partial charge on any atom is 0.295 e. The van der Waals surface area contributed by atoms with Crippen LogP contribution in [-0.2, 0) is 19.7 Å². The average molecular weight is 521 g/mol. The number of carbonyl (C=O) groups excluding carboxylic acids is 2. The zero-order valence-corrected chi connectivity index (χ0v) is 22.4. The van der Waals surface area contributed by atoms with E-state index < -0.39 is 17.7 Å². The van der Waals surface area contributed by atoms with E-state index in [2.05, 4.69) is 25.7 Å². The van der Waals surface area contributed by atoms with Crippen LogP contribution in [0, 0.1) is 0 Å². The Morgan fingerprint density at radius 3 is 2.29 bits per heavy atom. The van der Waals surface area contributed by atoms with Crippen LogP contribution in [0.25, 0.3) is 5.76 Å². The first kappa shape index (κ1) is 26.3. The average Bonchev–Trinajstić information content (AvgIpc) is 3.17. The number of Topliss-reactive ketones (excluding diaryl/α,β-unsaturated/α-hetero) is 1. The second kappa shape index (κ2) is 10.8. The van der Waals surface area contributed by atoms with Crippen molar-refractivity contribution in [3.05, 3.63) is 64.7 Å². The summed E-state index contributed by atoms with van der Waals surface area (Å²) in [6, 6.07) is 12.4. The highest BCUT2D eigenvalue weighted by Crippen LogP contribution is 2.41. The molecule has 2 saturated heterocycles. The molecule has 0 spiro atoms. The van der Waals surface area contributed by atoms with Gasteiger partial charge in [-0.05, 0) is 41.2 Å². The summed E-state index contributed by atoms with van der Waals surface area (Å²) in [6.07, 6.45) is 0.716. The standard InChI is InChI=1S/C30H36N2O6/c1-30(2,3)22-8-5-20(6-9-22)26-25(27(33)21-7-10-23-24(19-21)38-18-17-37-23)28(34)29(35)32(26)12-4-11-31-13-15-36-16-14-31/h5-10,19,26,33H,4,11-18H2,1-3H3. The van der Waals surface area contributed by atoms with E-state index in [0.29, 0.717) is 56.5 Å². The minimum Gasteiger partial charge on any atom is -0.507 e. The van der Waals surface area contributed by atoms with Gasteiger partial charge in [-0.3, -0.25) is 14.5 Å². The summed E-state index contributed by atoms with van der Waals surface area (Å²) < 4.78 is 16.7. The van der Waals surface area contributed by atoms with Crippen molar-refractivity contribution in [2.24, 2.45) is 0 Å². The van der Waals surface area contributed by atoms with Crippen molar-refractivity contribution in [3.8, 4) is 11.5 Å². The van der Waals surface area contributed by atoms with E-state index in [4.69, 9.17) is 14.2 Å². The van der Waals surface area contributed by atoms with E-state index in [-0.39, 0.29) is 16.7 Å². The fourth-order valence-electron chi connectivity index (χ4n) is 5.26. The molecule has 1 amide bonds. The van der Waals surface area contributed by atoms with Crippen molar-refractivity contribution in [1.29, 1.82) is 0 Å². The van der Waals surface area contributed by atoms with Gasteiger partial charge in [0, 0.05) is 31.7 Å². The van der Waals surface area contributed by atoms with Gasteiger partial charge in [0.15, 0.2) is 11.5 Å². The molecule has 5 rings (SSSR count). The highest BCUT2D eigenvalue weighted by molar-refractivity contribution is 6.46. The molecule has 3 aliphatic rings. The molecule has 0 aromatic heterocycles. The van der Waals surface area contributed by atoms with E-state index in [9.17, 15) is 14.7 Å². The molecule has 1 atom stereocenters. The van der Waals surface area contributed by atoms with Crippen molar-refractivity contribution in [1.82, 2.24) is 9.80 Å². The second-order valence-corrected chi connectivity index (χ2v) is 11.0. The fourth-order valence-corrected chi connectivity index (χ4v) is 5.26. The van der Waals surface area contributed by atoms with E-state index in [0.717, 1.165) is 30.8 Å². The quantitative estimate of drug-likeness (QED) is 0.351. The van der Waals surface area contributed by atoms with Crippen molar-refractivity contribution < 1.29 is 28.9 Å². The molecule has 8 nitrogen and oxygen atoms in total. The largest absolute Gasteiger partial charge is 0.507 e. The number of carbonyl (C=O) groups is 2. The van der Waals surface area contributed by atoms with Crippen LogP contribution in [0.4, 0.5) is 0 Å². The number of morpholine rings is 1. The number of rotatable bonds is 6. The molecule has 3 heterocycles. The minimum atomic E-state index is -0.679. The highest BCUT2D eigenvalue weighted by atomic mass is 16.6. The molecule has 2 fully saturated rings. The van der Waals surface area contributed by atoms with Gasteiger partial charge in [-0.15, -0.1) is 0 Å². The van der Waals surface area contributed by atoms with Crippen molar-refractivity contribution in [2.45, 2.75) is 38.6 Å². The third-order valence-corrected chi connectivity index (χ3v) is 7.43. The van der Waals surface area contributed by atoms with E-state index in [1.165, 1.54) is 0 Å². The normalized spacial score (nSPS) is 21.7. The predicted octanol–water partition coefficient (Wildman–Crippen LogP) is 3.90. The summed E-state index contributed by atoms with van der Waals surface area (Å²) in [7, 11) is 0. The number of hydrogen-bond acceptors (Lipinski definition) is 7. The van der Waals surface area contributed by atoms with Crippen LogP contribution in [0.1, 0.15) is 49.9 Å². The first-order chi connectivity index (χ1) is 18.2. The number of amides is 1. The minimum absolute atomic E-state index is 0.0380. The van der Waals surface area contributed by atoms with Gasteiger partial charge in [0.1, 0.15) is 19.0 Å². The molecule has 202 valence electrons. The SMILES string of the molecule is CC(C)(C)c1ccc(C2C(=C(O)c3ccc4c(c3)OCCO4)C(=O)C(=O)N2CCCN2CCOCC2)cc1. The van der Waals surface area contributed by atoms with E-state index in [1.807, 2.05) is 24.3 Å². The first-order valence-corrected chi connectivity index (χ1v) is 13.3. The van der Waals surface area contributed by atoms with Gasteiger partial charge in [-0.1, -0.05) is 45.0 Å². The molecule has 0 aliphatic carbocycles. The third kappa shape index (κ3) is 5.28. The number of ketones is 1. The van der Waals surface area contributed by atoms with Gasteiger partial charge in [0.25, 0.3) is 11.7 Å². The van der Waals surface area contributed by atoms with Gasteiger partial charge >= 0.3 is 0 Å². The lowest BCUT2D eigenvalue weighted by atomic mass is 9.85. The number of ether oxygens (including phenoxy) is 3. The molecule has 3 aliphatic heterocycles. The second-order valence-electron chi connectivity index (χ2n) is 11.0. The monoisotopic (exact) mass is 520 g/mol. The number of fused-ring (bicyclic) bond motifs is 1. The Kier molecular flexibility index (Phi) is 7.45. The Hall–Kier alpha value is -3.36. The zero-order chi connectivity index (χ0) is 26.9. The summed E-state index contributed by atoms with van der Waals surface area (Å²) in [5, 5.41) is 11.4. The van der Waals surface area contributed by atoms with Gasteiger partial charge in [0.05, 0.1) is 24.8 Å². The number of nitrogens with zero attached hydrogens (tertiary/aromatic N) is 2. The molecule has 0 radical (unpaired) electrons. The van der Waals surface area contributed by atoms with Crippen LogP contribution in [0.3, 0.4) is 0 Å². The van der Waals surface area contributed by atoms with E-state index >= 15 is 0 Å². The molecule has 1 N–H and O–H groups in total. The Morgan fingerprint density at radius 1 is 0.921 bits per heavy atom. The van der Waals surface area contributed by atoms with Crippen molar-refractivity contribution in [2.75, 3.05) is 52.6 Å². The fraction of sp³-hybridized carbons (Fsp3) is 0.467. The molecular formula is C30H36N2O6. The highest BCUT2D eigenvalue weighted by Gasteiger charge is 2.46. The summed E-state index contributed by atoms with van der Waals surface area (Å²) in [5.74, 6) is -0.373. The van der Waals surface area contributed by atoms with Crippen LogP contribution >= 0.6 is 0 Å². The summed E-state index contributed by atoms with van der Waals surface area (Å²) in [5.41, 5.74) is 2.42. The van der Waals surface area contributed by atoms with Gasteiger partial charge in [-0.2, -0.15) is 0 Å². The summed E-state index contributed by atoms with van der Waals surface area (Å²) >= 11 is 0. The Bertz CT molecular complexity index is 1220. The molecule has 2 aromatic rings. The number of aliphatic hydroxyl groups is 1. The maximum atomic E-state index is 13.4. The third-order valence-electron chi connectivity index (χ3n) is 7.43. The lowest BCUT2D eigenvalue weighted by Crippen LogP contribution is -2.39. The Labute approximate surface area is 223 Å². The molecular weight excluding hydrogens is 484 g/mol. The van der Waals surface area contributed by atoms with Crippen molar-refractivity contribution >= 4 is 17.4 Å². The van der Waals surface area contributed by atoms with Crippen LogP contribution in [0.5, 0.6) is 11.5 Å². The van der Waals surface area contributed by atoms with Gasteiger partial charge in [0.2, 0.25) is 0 Å². The Balaban J connectivity index is 1.50. The van der Waals surface area contributed by atoms with Crippen LogP contribution in [0.15, 0.2) is 48.0 Å². The number of hydrogen-bond donors (Lipinski definition) is 1. The molecule has 38 heavy (non-hydrogen) atoms. The molecule has 0 saturated carbocycles. The lowest BCUT2D eigenvalue weighted by Gasteiger charge is -2.29. The summed E-state index contributed by atoms with van der Waals surface area (Å²) in [4.78, 5) is 30.6. The molecule has 1 unspecified atom stereocenters. The molecule has 8 heteroatoms.